The number of aryl methyl sites for hydroxylation is 1. The van der Waals surface area contributed by atoms with Crippen LogP contribution in [-0.4, -0.2) is 96.4 Å². The SMILES string of the molecule is NCc1cc2cc(-c3ccc(C(=O)N4CCC(F)(F)CC4)cn3)cc(C(F)(F)F)c2o1.O=C(/C=C/c1cccnc1)CCc1cc2cc(-c3ccc(C(=O)N4CCC(F)(F)CC4)cn3)cc(C(F)(F)F)c2o1.O=C(O)/C=C/c1cccnc1. The number of carboxylic acids is 1. The number of rotatable bonds is 12. The average molecular weight is 1160 g/mol. The number of amides is 2. The summed E-state index contributed by atoms with van der Waals surface area (Å²) in [7, 11) is 0. The molecule has 0 saturated carbocycles. The van der Waals surface area contributed by atoms with Crippen LogP contribution in [0.4, 0.5) is 43.9 Å². The Balaban J connectivity index is 0.000000188. The molecular weight excluding hydrogens is 1110 g/mol. The van der Waals surface area contributed by atoms with Crippen molar-refractivity contribution in [1.82, 2.24) is 29.7 Å². The van der Waals surface area contributed by atoms with E-state index in [1.807, 2.05) is 0 Å². The highest BCUT2D eigenvalue weighted by Gasteiger charge is 2.39. The standard InChI is InChI=1S/C30H24F5N3O3.C21H18F5N3O2.C8H7NO2/c31-29(32)9-12-38(13-10-29)28(40)20-4-8-26(37-18-20)21-14-22-15-24(41-27(22)25(16-21)30(33,34)35)7-6-23(39)5-3-19-2-1-11-36-17-19;22-20(23)3-5-29(6-4-20)19(30)12-1-2-17(28-11-12)13-7-14-8-15(10-27)31-18(14)16(9-13)21(24,25)26;10-8(11)4-3-7-2-1-5-9-6-7/h1-5,8,11,14-18H,6-7,9-10,12-13H2;1-2,7-9,11H,3-6,10,27H2;1-6H,(H,10,11)/b5-3+;;4-3+. The molecule has 8 aromatic rings. The zero-order valence-corrected chi connectivity index (χ0v) is 43.6. The highest BCUT2D eigenvalue weighted by atomic mass is 19.4. The van der Waals surface area contributed by atoms with Crippen LogP contribution in [0.3, 0.4) is 0 Å². The number of carbonyl (C=O) groups is 4. The number of carbonyl (C=O) groups excluding carboxylic acids is 3. The Morgan fingerprint density at radius 3 is 1.41 bits per heavy atom. The lowest BCUT2D eigenvalue weighted by Crippen LogP contribution is -2.42. The number of carboxylic acid groups (broad SMARTS) is 1. The summed E-state index contributed by atoms with van der Waals surface area (Å²) in [4.78, 5) is 66.3. The van der Waals surface area contributed by atoms with Gasteiger partial charge in [0.25, 0.3) is 23.7 Å². The van der Waals surface area contributed by atoms with E-state index in [2.05, 4.69) is 19.9 Å². The largest absolute Gasteiger partial charge is 0.478 e. The molecule has 2 amide bonds. The number of pyridine rings is 4. The van der Waals surface area contributed by atoms with Crippen LogP contribution in [0.15, 0.2) is 143 Å². The number of aromatic nitrogens is 4. The van der Waals surface area contributed by atoms with Crippen molar-refractivity contribution >= 4 is 57.7 Å². The molecule has 2 aromatic carbocycles. The lowest BCUT2D eigenvalue weighted by atomic mass is 10.0. The molecule has 0 aliphatic carbocycles. The Bertz CT molecular complexity index is 3640. The fourth-order valence-corrected chi connectivity index (χ4v) is 8.81. The van der Waals surface area contributed by atoms with Crippen molar-refractivity contribution < 1.29 is 77.0 Å². The first kappa shape index (κ1) is 60.0. The van der Waals surface area contributed by atoms with Crippen LogP contribution >= 0.6 is 0 Å². The predicted molar refractivity (Wildman–Crippen MR) is 284 cm³/mol. The lowest BCUT2D eigenvalue weighted by Gasteiger charge is -2.31. The molecule has 2 fully saturated rings. The topological polar surface area (TPSA) is 199 Å². The predicted octanol–water partition coefficient (Wildman–Crippen LogP) is 13.0. The van der Waals surface area contributed by atoms with Gasteiger partial charge in [0.05, 0.1) is 40.2 Å². The van der Waals surface area contributed by atoms with Gasteiger partial charge in [-0.1, -0.05) is 12.1 Å². The molecule has 10 rings (SSSR count). The van der Waals surface area contributed by atoms with Gasteiger partial charge in [-0.2, -0.15) is 26.3 Å². The number of nitrogens with two attached hydrogens (primary N) is 1. The Morgan fingerprint density at radius 2 is 1.02 bits per heavy atom. The molecule has 24 heteroatoms. The molecule has 0 unspecified atom stereocenters. The summed E-state index contributed by atoms with van der Waals surface area (Å²) < 4.78 is 147. The summed E-state index contributed by atoms with van der Waals surface area (Å²) in [6, 6.07) is 20.5. The second-order valence-corrected chi connectivity index (χ2v) is 19.2. The molecule has 432 valence electrons. The Morgan fingerprint density at radius 1 is 0.590 bits per heavy atom. The maximum absolute atomic E-state index is 14.0. The van der Waals surface area contributed by atoms with Crippen molar-refractivity contribution in [3.05, 3.63) is 179 Å². The maximum Gasteiger partial charge on any atom is 0.420 e. The van der Waals surface area contributed by atoms with Crippen LogP contribution in [0.1, 0.15) is 86.6 Å². The van der Waals surface area contributed by atoms with Crippen LogP contribution in [0.2, 0.25) is 0 Å². The molecule has 0 radical (unpaired) electrons. The third-order valence-corrected chi connectivity index (χ3v) is 13.2. The second-order valence-electron chi connectivity index (χ2n) is 19.2. The number of halogens is 10. The number of aliphatic carboxylic acids is 1. The number of nitrogens with zero attached hydrogens (tertiary/aromatic N) is 6. The minimum absolute atomic E-state index is 0.0382. The van der Waals surface area contributed by atoms with E-state index >= 15 is 0 Å². The zero-order chi connectivity index (χ0) is 59.7. The van der Waals surface area contributed by atoms with Crippen molar-refractivity contribution in [2.45, 2.75) is 69.3 Å². The van der Waals surface area contributed by atoms with E-state index in [1.54, 1.807) is 55.1 Å². The summed E-state index contributed by atoms with van der Waals surface area (Å²) >= 11 is 0. The Kier molecular flexibility index (Phi) is 18.4. The van der Waals surface area contributed by atoms with Crippen LogP contribution in [-0.2, 0) is 34.9 Å². The van der Waals surface area contributed by atoms with Gasteiger partial charge in [-0.05, 0) is 102 Å². The summed E-state index contributed by atoms with van der Waals surface area (Å²) in [5.41, 5.74) is 5.53. The average Bonchev–Trinajstić information content (AvgIpc) is 4.30. The first-order chi connectivity index (χ1) is 39.3. The van der Waals surface area contributed by atoms with Crippen LogP contribution in [0.25, 0.3) is 56.6 Å². The highest BCUT2D eigenvalue weighted by Crippen LogP contribution is 2.41. The first-order valence-electron chi connectivity index (χ1n) is 25.5. The summed E-state index contributed by atoms with van der Waals surface area (Å²) in [5.74, 6) is -7.20. The summed E-state index contributed by atoms with van der Waals surface area (Å²) in [6.07, 6.45) is 3.60. The second kappa shape index (κ2) is 25.4. The van der Waals surface area contributed by atoms with Crippen molar-refractivity contribution in [2.75, 3.05) is 26.2 Å². The molecule has 6 aromatic heterocycles. The van der Waals surface area contributed by atoms with E-state index < -0.39 is 78.8 Å². The smallest absolute Gasteiger partial charge is 0.420 e. The Hall–Kier alpha value is -9.06. The van der Waals surface area contributed by atoms with E-state index in [-0.39, 0.29) is 118 Å². The zero-order valence-electron chi connectivity index (χ0n) is 43.6. The van der Waals surface area contributed by atoms with Crippen molar-refractivity contribution in [3.8, 4) is 22.5 Å². The minimum atomic E-state index is -4.72. The highest BCUT2D eigenvalue weighted by molar-refractivity contribution is 5.96. The molecule has 2 aliphatic rings. The molecule has 2 saturated heterocycles. The number of allylic oxidation sites excluding steroid dienone is 1. The number of hydrogen-bond acceptors (Lipinski definition) is 11. The van der Waals surface area contributed by atoms with Crippen LogP contribution in [0.5, 0.6) is 0 Å². The van der Waals surface area contributed by atoms with Gasteiger partial charge in [-0.3, -0.25) is 34.3 Å². The third-order valence-electron chi connectivity index (χ3n) is 13.2. The fourth-order valence-electron chi connectivity index (χ4n) is 8.81. The number of likely N-dealkylation sites (tertiary alicyclic amines) is 2. The monoisotopic (exact) mass is 1160 g/mol. The number of ketones is 1. The number of furan rings is 2. The van der Waals surface area contributed by atoms with E-state index in [0.29, 0.717) is 0 Å². The van der Waals surface area contributed by atoms with Crippen LogP contribution in [0, 0.1) is 0 Å². The van der Waals surface area contributed by atoms with Gasteiger partial charge in [0.1, 0.15) is 22.7 Å². The van der Waals surface area contributed by atoms with Crippen molar-refractivity contribution in [3.63, 3.8) is 0 Å². The fraction of sp³-hybridized carbons (Fsp3) is 0.254. The summed E-state index contributed by atoms with van der Waals surface area (Å²) in [5, 5.41) is 8.70. The van der Waals surface area contributed by atoms with Gasteiger partial charge >= 0.3 is 18.3 Å². The molecule has 3 N–H and O–H groups in total. The maximum atomic E-state index is 14.0. The van der Waals surface area contributed by atoms with Gasteiger partial charge in [-0.15, -0.1) is 0 Å². The molecule has 8 heterocycles. The van der Waals surface area contributed by atoms with E-state index in [1.165, 1.54) is 82.9 Å². The molecule has 14 nitrogen and oxygen atoms in total. The molecule has 0 spiro atoms. The van der Waals surface area contributed by atoms with Gasteiger partial charge in [-0.25, -0.2) is 22.4 Å². The molecule has 2 aliphatic heterocycles. The number of fused-ring (bicyclic) bond motifs is 2. The molecule has 83 heavy (non-hydrogen) atoms. The molecular formula is C59H49F10N7O7. The van der Waals surface area contributed by atoms with E-state index in [4.69, 9.17) is 19.7 Å². The van der Waals surface area contributed by atoms with Gasteiger partial charge in [0, 0.05) is 130 Å². The quantitative estimate of drug-likeness (QED) is 0.0868. The minimum Gasteiger partial charge on any atom is -0.478 e. The van der Waals surface area contributed by atoms with Crippen molar-refractivity contribution in [1.29, 1.82) is 0 Å². The lowest BCUT2D eigenvalue weighted by molar-refractivity contribution is -0.137. The third kappa shape index (κ3) is 15.9. The number of piperidine rings is 2. The van der Waals surface area contributed by atoms with Gasteiger partial charge in [0.15, 0.2) is 5.78 Å². The first-order valence-corrected chi connectivity index (χ1v) is 25.5. The molecule has 0 atom stereocenters. The van der Waals surface area contributed by atoms with Gasteiger partial charge in [0.2, 0.25) is 0 Å². The number of alkyl halides is 10. The summed E-state index contributed by atoms with van der Waals surface area (Å²) in [6.45, 7) is -0.353. The van der Waals surface area contributed by atoms with Gasteiger partial charge < -0.3 is 29.5 Å². The molecule has 0 bridgehead atoms. The number of benzene rings is 2. The van der Waals surface area contributed by atoms with E-state index in [0.717, 1.165) is 29.3 Å². The number of hydrogen-bond donors (Lipinski definition) is 2. The Labute approximate surface area is 466 Å². The van der Waals surface area contributed by atoms with Crippen LogP contribution < -0.4 is 5.73 Å². The normalized spacial score (nSPS) is 15.2. The van der Waals surface area contributed by atoms with E-state index in [9.17, 15) is 63.1 Å². The van der Waals surface area contributed by atoms with Crippen molar-refractivity contribution in [2.24, 2.45) is 5.73 Å².